The molecule has 0 atom stereocenters. The van der Waals surface area contributed by atoms with Crippen LogP contribution >= 0.6 is 35.0 Å². The predicted molar refractivity (Wildman–Crippen MR) is 128 cm³/mol. The third-order valence-electron chi connectivity index (χ3n) is 4.80. The van der Waals surface area contributed by atoms with Crippen LogP contribution in [0.5, 0.6) is 0 Å². The van der Waals surface area contributed by atoms with Gasteiger partial charge in [0.2, 0.25) is 0 Å². The van der Waals surface area contributed by atoms with Gasteiger partial charge in [0.05, 0.1) is 5.69 Å². The van der Waals surface area contributed by atoms with E-state index in [2.05, 4.69) is 5.32 Å². The minimum Gasteiger partial charge on any atom is -0.350 e. The number of nitrogens with zero attached hydrogens (tertiary/aromatic N) is 1. The molecule has 156 valence electrons. The summed E-state index contributed by atoms with van der Waals surface area (Å²) in [6, 6.07) is 19.6. The zero-order valence-electron chi connectivity index (χ0n) is 16.8. The zero-order chi connectivity index (χ0) is 22.1. The first kappa shape index (κ1) is 21.5. The van der Waals surface area contributed by atoms with Gasteiger partial charge < -0.3 is 5.32 Å². The average molecular weight is 469 g/mol. The van der Waals surface area contributed by atoms with Crippen molar-refractivity contribution in [2.24, 2.45) is 0 Å². The second-order valence-corrected chi connectivity index (χ2v) is 9.08. The summed E-state index contributed by atoms with van der Waals surface area (Å²) in [5.74, 6) is -0.803. The molecule has 0 saturated heterocycles. The molecular weight excluding hydrogens is 451 g/mol. The van der Waals surface area contributed by atoms with E-state index in [0.29, 0.717) is 20.6 Å². The molecule has 0 saturated carbocycles. The summed E-state index contributed by atoms with van der Waals surface area (Å²) in [6.45, 7) is 3.96. The zero-order valence-corrected chi connectivity index (χ0v) is 19.1. The fraction of sp³-hybridized carbons (Fsp3) is 0.0833. The third-order valence-corrected chi connectivity index (χ3v) is 6.40. The van der Waals surface area contributed by atoms with Gasteiger partial charge in [-0.1, -0.05) is 52.7 Å². The van der Waals surface area contributed by atoms with Crippen LogP contribution in [0.3, 0.4) is 0 Å². The van der Waals surface area contributed by atoms with Gasteiger partial charge >= 0.3 is 0 Å². The lowest BCUT2D eigenvalue weighted by molar-refractivity contribution is -0.120. The molecule has 3 aromatic carbocycles. The normalized spacial score (nSPS) is 13.9. The van der Waals surface area contributed by atoms with Crippen LogP contribution in [0, 0.1) is 13.8 Å². The summed E-state index contributed by atoms with van der Waals surface area (Å²) in [6.07, 6.45) is 0. The monoisotopic (exact) mass is 468 g/mol. The summed E-state index contributed by atoms with van der Waals surface area (Å²) in [5, 5.41) is 4.33. The van der Waals surface area contributed by atoms with Crippen molar-refractivity contribution in [1.29, 1.82) is 0 Å². The Hall–Kier alpha value is -2.73. The number of benzene rings is 3. The Morgan fingerprint density at radius 1 is 0.806 bits per heavy atom. The topological polar surface area (TPSA) is 49.4 Å². The first-order valence-corrected chi connectivity index (χ1v) is 11.1. The summed E-state index contributed by atoms with van der Waals surface area (Å²) in [5.41, 5.74) is 3.57. The lowest BCUT2D eigenvalue weighted by Gasteiger charge is -2.16. The van der Waals surface area contributed by atoms with E-state index in [1.54, 1.807) is 36.4 Å². The fourth-order valence-electron chi connectivity index (χ4n) is 3.25. The van der Waals surface area contributed by atoms with Gasteiger partial charge in [-0.25, -0.2) is 4.90 Å². The number of amides is 2. The summed E-state index contributed by atoms with van der Waals surface area (Å²) in [4.78, 5) is 29.0. The molecular formula is C24H18Cl2N2O2S. The van der Waals surface area contributed by atoms with Crippen molar-refractivity contribution < 1.29 is 9.59 Å². The highest BCUT2D eigenvalue weighted by molar-refractivity contribution is 8.04. The first-order valence-electron chi connectivity index (χ1n) is 9.50. The van der Waals surface area contributed by atoms with E-state index < -0.39 is 5.91 Å². The van der Waals surface area contributed by atoms with Crippen molar-refractivity contribution in [1.82, 2.24) is 0 Å². The van der Waals surface area contributed by atoms with Crippen molar-refractivity contribution in [2.45, 2.75) is 18.7 Å². The number of anilines is 2. The van der Waals surface area contributed by atoms with Gasteiger partial charge in [0, 0.05) is 20.6 Å². The Morgan fingerprint density at radius 3 is 2.03 bits per heavy atom. The SMILES string of the molecule is Cc1ccc(NC2=C(Sc3ccc(Cl)cc3)C(=O)N(c3ccc(Cl)cc3)C2=O)c(C)c1. The van der Waals surface area contributed by atoms with Crippen molar-refractivity contribution in [3.8, 4) is 0 Å². The van der Waals surface area contributed by atoms with Crippen LogP contribution in [0.4, 0.5) is 11.4 Å². The fourth-order valence-corrected chi connectivity index (χ4v) is 4.43. The number of nitrogens with one attached hydrogen (secondary N) is 1. The average Bonchev–Trinajstić information content (AvgIpc) is 2.96. The summed E-state index contributed by atoms with van der Waals surface area (Å²) < 4.78 is 0. The van der Waals surface area contributed by atoms with E-state index in [4.69, 9.17) is 23.2 Å². The number of carbonyl (C=O) groups excluding carboxylic acids is 2. The molecule has 4 rings (SSSR count). The smallest absolute Gasteiger partial charge is 0.283 e. The molecule has 3 aromatic rings. The molecule has 0 unspecified atom stereocenters. The van der Waals surface area contributed by atoms with E-state index in [0.717, 1.165) is 21.7 Å². The Bertz CT molecular complexity index is 1210. The molecule has 0 bridgehead atoms. The number of hydrogen-bond donors (Lipinski definition) is 1. The molecule has 1 aliphatic rings. The van der Waals surface area contributed by atoms with Gasteiger partial charge in [-0.2, -0.15) is 0 Å². The maximum absolute atomic E-state index is 13.4. The Kier molecular flexibility index (Phi) is 6.10. The largest absolute Gasteiger partial charge is 0.350 e. The van der Waals surface area contributed by atoms with Gasteiger partial charge in [-0.15, -0.1) is 0 Å². The number of halogens is 2. The van der Waals surface area contributed by atoms with Gasteiger partial charge in [0.1, 0.15) is 10.6 Å². The number of carbonyl (C=O) groups is 2. The van der Waals surface area contributed by atoms with Gasteiger partial charge in [-0.3, -0.25) is 9.59 Å². The number of thioether (sulfide) groups is 1. The summed E-state index contributed by atoms with van der Waals surface area (Å²) in [7, 11) is 0. The second-order valence-electron chi connectivity index (χ2n) is 7.13. The quantitative estimate of drug-likeness (QED) is 0.428. The highest BCUT2D eigenvalue weighted by Crippen LogP contribution is 2.38. The van der Waals surface area contributed by atoms with Crippen molar-refractivity contribution in [3.05, 3.63) is 98.5 Å². The standard InChI is InChI=1S/C24H18Cl2N2O2S/c1-14-3-12-20(15(2)13-14)27-21-22(31-19-10-6-17(26)7-11-19)24(30)28(23(21)29)18-8-4-16(25)5-9-18/h3-13,27H,1-2H3. The van der Waals surface area contributed by atoms with Crippen LogP contribution in [0.2, 0.25) is 10.0 Å². The first-order chi connectivity index (χ1) is 14.8. The van der Waals surface area contributed by atoms with E-state index in [9.17, 15) is 9.59 Å². The van der Waals surface area contributed by atoms with Crippen LogP contribution < -0.4 is 10.2 Å². The molecule has 1 heterocycles. The van der Waals surface area contributed by atoms with Gasteiger partial charge in [0.15, 0.2) is 0 Å². The molecule has 0 radical (unpaired) electrons. The lowest BCUT2D eigenvalue weighted by atomic mass is 10.1. The highest BCUT2D eigenvalue weighted by atomic mass is 35.5. The van der Waals surface area contributed by atoms with Crippen LogP contribution in [-0.4, -0.2) is 11.8 Å². The number of rotatable bonds is 5. The van der Waals surface area contributed by atoms with Crippen molar-refractivity contribution >= 4 is 58.2 Å². The molecule has 0 aromatic heterocycles. The highest BCUT2D eigenvalue weighted by Gasteiger charge is 2.40. The predicted octanol–water partition coefficient (Wildman–Crippen LogP) is 6.60. The molecule has 1 N–H and O–H groups in total. The van der Waals surface area contributed by atoms with Crippen molar-refractivity contribution in [3.63, 3.8) is 0 Å². The minimum atomic E-state index is -0.413. The second kappa shape index (κ2) is 8.79. The molecule has 2 amide bonds. The van der Waals surface area contributed by atoms with E-state index >= 15 is 0 Å². The summed E-state index contributed by atoms with van der Waals surface area (Å²) >= 11 is 13.2. The maximum Gasteiger partial charge on any atom is 0.283 e. The number of imide groups is 1. The van der Waals surface area contributed by atoms with E-state index in [-0.39, 0.29) is 11.6 Å². The lowest BCUT2D eigenvalue weighted by Crippen LogP contribution is -2.32. The van der Waals surface area contributed by atoms with Crippen LogP contribution in [-0.2, 0) is 9.59 Å². The number of hydrogen-bond acceptors (Lipinski definition) is 4. The molecule has 0 aliphatic carbocycles. The Labute approximate surface area is 194 Å². The molecule has 1 aliphatic heterocycles. The van der Waals surface area contributed by atoms with E-state index in [1.165, 1.54) is 16.7 Å². The maximum atomic E-state index is 13.4. The molecule has 0 fully saturated rings. The third kappa shape index (κ3) is 4.49. The molecule has 7 heteroatoms. The van der Waals surface area contributed by atoms with Crippen LogP contribution in [0.15, 0.2) is 82.2 Å². The van der Waals surface area contributed by atoms with Gasteiger partial charge in [-0.05, 0) is 74.0 Å². The van der Waals surface area contributed by atoms with Crippen LogP contribution in [0.25, 0.3) is 0 Å². The molecule has 4 nitrogen and oxygen atoms in total. The minimum absolute atomic E-state index is 0.242. The Morgan fingerprint density at radius 2 is 1.42 bits per heavy atom. The van der Waals surface area contributed by atoms with Crippen molar-refractivity contribution in [2.75, 3.05) is 10.2 Å². The van der Waals surface area contributed by atoms with Crippen LogP contribution in [0.1, 0.15) is 11.1 Å². The molecule has 0 spiro atoms. The Balaban J connectivity index is 1.75. The molecule has 31 heavy (non-hydrogen) atoms. The van der Waals surface area contributed by atoms with E-state index in [1.807, 2.05) is 44.2 Å². The number of aryl methyl sites for hydroxylation is 2. The van der Waals surface area contributed by atoms with Gasteiger partial charge in [0.25, 0.3) is 11.8 Å².